The van der Waals surface area contributed by atoms with Crippen LogP contribution >= 0.6 is 0 Å². The third kappa shape index (κ3) is 3.66. The van der Waals surface area contributed by atoms with Gasteiger partial charge < -0.3 is 15.4 Å². The molecule has 1 saturated heterocycles. The molecule has 5 nitrogen and oxygen atoms in total. The molecule has 122 valence electrons. The minimum atomic E-state index is -0.977. The van der Waals surface area contributed by atoms with E-state index in [1.807, 2.05) is 35.2 Å². The van der Waals surface area contributed by atoms with Crippen LogP contribution in [0, 0.1) is 0 Å². The highest BCUT2D eigenvalue weighted by Crippen LogP contribution is 2.22. The number of nitrogens with zero attached hydrogens (tertiary/aromatic N) is 2. The van der Waals surface area contributed by atoms with Crippen LogP contribution in [0.15, 0.2) is 30.3 Å². The highest BCUT2D eigenvalue weighted by Gasteiger charge is 2.37. The van der Waals surface area contributed by atoms with Gasteiger partial charge in [0.25, 0.3) is 0 Å². The van der Waals surface area contributed by atoms with Gasteiger partial charge in [-0.05, 0) is 19.4 Å². The molecular weight excluding hydrogens is 278 g/mol. The Morgan fingerprint density at radius 3 is 2.64 bits per heavy atom. The second-order valence-corrected chi connectivity index (χ2v) is 6.20. The van der Waals surface area contributed by atoms with E-state index in [9.17, 15) is 4.79 Å². The fraction of sp³-hybridized carbons (Fsp3) is 0.588. The topological polar surface area (TPSA) is 58.8 Å². The summed E-state index contributed by atoms with van der Waals surface area (Å²) < 4.78 is 5.14. The predicted octanol–water partition coefficient (Wildman–Crippen LogP) is 1.04. The average Bonchev–Trinajstić information content (AvgIpc) is 2.53. The van der Waals surface area contributed by atoms with Gasteiger partial charge in [-0.1, -0.05) is 30.3 Å². The molecule has 5 heteroatoms. The normalized spacial score (nSPS) is 22.4. The number of rotatable bonds is 5. The van der Waals surface area contributed by atoms with Crippen molar-refractivity contribution in [2.24, 2.45) is 5.73 Å². The van der Waals surface area contributed by atoms with Gasteiger partial charge in [-0.3, -0.25) is 9.69 Å². The van der Waals surface area contributed by atoms with Crippen molar-refractivity contribution in [2.75, 3.05) is 39.9 Å². The van der Waals surface area contributed by atoms with Gasteiger partial charge in [-0.15, -0.1) is 0 Å². The van der Waals surface area contributed by atoms with E-state index in [1.54, 1.807) is 14.0 Å². The van der Waals surface area contributed by atoms with Crippen LogP contribution in [-0.2, 0) is 15.1 Å². The smallest absolute Gasteiger partial charge is 0.247 e. The van der Waals surface area contributed by atoms with Crippen LogP contribution in [0.3, 0.4) is 0 Å². The summed E-state index contributed by atoms with van der Waals surface area (Å²) in [6, 6.07) is 9.91. The first-order valence-corrected chi connectivity index (χ1v) is 7.83. The first-order valence-electron chi connectivity index (χ1n) is 7.83. The summed E-state index contributed by atoms with van der Waals surface area (Å²) in [5.41, 5.74) is 6.23. The molecule has 2 N–H and O–H groups in total. The lowest BCUT2D eigenvalue weighted by Crippen LogP contribution is -2.59. The van der Waals surface area contributed by atoms with Crippen LogP contribution in [0.1, 0.15) is 19.4 Å². The maximum atomic E-state index is 12.8. The van der Waals surface area contributed by atoms with Crippen LogP contribution in [0.25, 0.3) is 0 Å². The summed E-state index contributed by atoms with van der Waals surface area (Å²) in [5, 5.41) is 0. The first kappa shape index (κ1) is 16.9. The first-order chi connectivity index (χ1) is 10.5. The molecule has 2 atom stereocenters. The SMILES string of the molecule is COCCN1CCN(C(=O)C(C)(N)c2ccccc2)CC1C. The molecule has 0 radical (unpaired) electrons. The van der Waals surface area contributed by atoms with E-state index in [1.165, 1.54) is 0 Å². The van der Waals surface area contributed by atoms with E-state index in [0.29, 0.717) is 19.1 Å². The van der Waals surface area contributed by atoms with Crippen molar-refractivity contribution < 1.29 is 9.53 Å². The Morgan fingerprint density at radius 2 is 2.05 bits per heavy atom. The average molecular weight is 305 g/mol. The number of nitrogens with two attached hydrogens (primary N) is 1. The van der Waals surface area contributed by atoms with Crippen molar-refractivity contribution in [3.8, 4) is 0 Å². The summed E-state index contributed by atoms with van der Waals surface area (Å²) in [5.74, 6) is -0.00283. The van der Waals surface area contributed by atoms with Gasteiger partial charge in [0.1, 0.15) is 5.54 Å². The summed E-state index contributed by atoms with van der Waals surface area (Å²) >= 11 is 0. The molecule has 22 heavy (non-hydrogen) atoms. The Bertz CT molecular complexity index is 490. The van der Waals surface area contributed by atoms with Crippen LogP contribution in [0.2, 0.25) is 0 Å². The lowest BCUT2D eigenvalue weighted by atomic mass is 9.91. The summed E-state index contributed by atoms with van der Waals surface area (Å²) in [4.78, 5) is 17.1. The van der Waals surface area contributed by atoms with Crippen molar-refractivity contribution in [1.29, 1.82) is 0 Å². The van der Waals surface area contributed by atoms with E-state index < -0.39 is 5.54 Å². The van der Waals surface area contributed by atoms with E-state index >= 15 is 0 Å². The molecule has 2 rings (SSSR count). The van der Waals surface area contributed by atoms with E-state index in [2.05, 4.69) is 11.8 Å². The van der Waals surface area contributed by atoms with Gasteiger partial charge in [-0.2, -0.15) is 0 Å². The Hall–Kier alpha value is -1.43. The molecule has 1 aromatic rings. The third-order valence-corrected chi connectivity index (χ3v) is 4.45. The van der Waals surface area contributed by atoms with Gasteiger partial charge in [0.15, 0.2) is 0 Å². The Morgan fingerprint density at radius 1 is 1.36 bits per heavy atom. The molecule has 2 unspecified atom stereocenters. The molecule has 0 saturated carbocycles. The molecule has 0 aliphatic carbocycles. The minimum absolute atomic E-state index is 0.00283. The number of hydrogen-bond acceptors (Lipinski definition) is 4. The number of carbonyl (C=O) groups is 1. The van der Waals surface area contributed by atoms with Gasteiger partial charge in [-0.25, -0.2) is 0 Å². The molecule has 0 spiro atoms. The van der Waals surface area contributed by atoms with Crippen LogP contribution in [-0.4, -0.2) is 61.6 Å². The third-order valence-electron chi connectivity index (χ3n) is 4.45. The fourth-order valence-electron chi connectivity index (χ4n) is 2.96. The maximum absolute atomic E-state index is 12.8. The van der Waals surface area contributed by atoms with Crippen molar-refractivity contribution in [1.82, 2.24) is 9.80 Å². The van der Waals surface area contributed by atoms with Gasteiger partial charge in [0, 0.05) is 39.3 Å². The lowest BCUT2D eigenvalue weighted by Gasteiger charge is -2.42. The number of amides is 1. The Balaban J connectivity index is 2.02. The van der Waals surface area contributed by atoms with E-state index in [-0.39, 0.29) is 5.91 Å². The summed E-state index contributed by atoms with van der Waals surface area (Å²) in [7, 11) is 1.71. The molecule has 1 amide bonds. The second kappa shape index (κ2) is 7.22. The van der Waals surface area contributed by atoms with Gasteiger partial charge in [0.05, 0.1) is 6.61 Å². The Kier molecular flexibility index (Phi) is 5.56. The van der Waals surface area contributed by atoms with Crippen LogP contribution < -0.4 is 5.73 Å². The molecule has 1 aromatic carbocycles. The quantitative estimate of drug-likeness (QED) is 0.883. The number of ether oxygens (including phenoxy) is 1. The molecule has 1 fully saturated rings. The molecule has 0 bridgehead atoms. The molecule has 1 heterocycles. The van der Waals surface area contributed by atoms with Crippen molar-refractivity contribution in [3.05, 3.63) is 35.9 Å². The van der Waals surface area contributed by atoms with E-state index in [0.717, 1.165) is 25.3 Å². The van der Waals surface area contributed by atoms with Crippen LogP contribution in [0.5, 0.6) is 0 Å². The molecule has 1 aliphatic rings. The Labute approximate surface area is 133 Å². The van der Waals surface area contributed by atoms with E-state index in [4.69, 9.17) is 10.5 Å². The van der Waals surface area contributed by atoms with Crippen molar-refractivity contribution >= 4 is 5.91 Å². The van der Waals surface area contributed by atoms with Crippen molar-refractivity contribution in [3.63, 3.8) is 0 Å². The summed E-state index contributed by atoms with van der Waals surface area (Å²) in [6.07, 6.45) is 0. The highest BCUT2D eigenvalue weighted by molar-refractivity contribution is 5.87. The van der Waals surface area contributed by atoms with Gasteiger partial charge >= 0.3 is 0 Å². The lowest BCUT2D eigenvalue weighted by molar-refractivity contribution is -0.139. The molecular formula is C17H27N3O2. The number of carbonyl (C=O) groups excluding carboxylic acids is 1. The zero-order chi connectivity index (χ0) is 16.2. The molecule has 1 aliphatic heterocycles. The van der Waals surface area contributed by atoms with Crippen molar-refractivity contribution in [2.45, 2.75) is 25.4 Å². The number of piperazine rings is 1. The summed E-state index contributed by atoms with van der Waals surface area (Å²) in [6.45, 7) is 7.85. The monoisotopic (exact) mass is 305 g/mol. The van der Waals surface area contributed by atoms with Crippen LogP contribution in [0.4, 0.5) is 0 Å². The predicted molar refractivity (Wildman–Crippen MR) is 87.5 cm³/mol. The second-order valence-electron chi connectivity index (χ2n) is 6.20. The highest BCUT2D eigenvalue weighted by atomic mass is 16.5. The largest absolute Gasteiger partial charge is 0.383 e. The zero-order valence-electron chi connectivity index (χ0n) is 13.8. The number of hydrogen-bond donors (Lipinski definition) is 1. The number of benzene rings is 1. The molecule has 0 aromatic heterocycles. The fourth-order valence-corrected chi connectivity index (χ4v) is 2.96. The van der Waals surface area contributed by atoms with Gasteiger partial charge in [0.2, 0.25) is 5.91 Å². The standard InChI is InChI=1S/C17H27N3O2/c1-14-13-20(10-9-19(14)11-12-22-3)16(21)17(2,18)15-7-5-4-6-8-15/h4-8,14H,9-13,18H2,1-3H3. The number of methoxy groups -OCH3 is 1. The minimum Gasteiger partial charge on any atom is -0.383 e. The zero-order valence-corrected chi connectivity index (χ0v) is 13.8. The maximum Gasteiger partial charge on any atom is 0.247 e.